The molecule has 29 heavy (non-hydrogen) atoms. The minimum atomic E-state index is -3.39. The van der Waals surface area contributed by atoms with E-state index < -0.39 is 10.0 Å². The van der Waals surface area contributed by atoms with E-state index in [-0.39, 0.29) is 11.9 Å². The summed E-state index contributed by atoms with van der Waals surface area (Å²) < 4.78 is 26.8. The number of sulfonamides is 1. The molecule has 0 aliphatic carbocycles. The second-order valence-electron chi connectivity index (χ2n) is 7.86. The summed E-state index contributed by atoms with van der Waals surface area (Å²) in [5, 5.41) is 0. The molecule has 0 unspecified atom stereocenters. The van der Waals surface area contributed by atoms with E-state index in [2.05, 4.69) is 0 Å². The van der Waals surface area contributed by atoms with Gasteiger partial charge < -0.3 is 4.90 Å². The first-order valence-corrected chi connectivity index (χ1v) is 11.7. The van der Waals surface area contributed by atoms with Gasteiger partial charge in [0.2, 0.25) is 15.9 Å². The number of rotatable bonds is 8. The maximum absolute atomic E-state index is 12.8. The SMILES string of the molecule is CC(C)N(Cc1ccccc1)C(=O)CCc1ccc(S(=O)(=O)N2CCCC2)cc1. The topological polar surface area (TPSA) is 57.7 Å². The molecule has 156 valence electrons. The first-order valence-electron chi connectivity index (χ1n) is 10.3. The summed E-state index contributed by atoms with van der Waals surface area (Å²) in [5.74, 6) is 0.109. The van der Waals surface area contributed by atoms with Crippen LogP contribution in [0.25, 0.3) is 0 Å². The minimum absolute atomic E-state index is 0.109. The molecule has 3 rings (SSSR count). The third-order valence-electron chi connectivity index (χ3n) is 5.39. The summed E-state index contributed by atoms with van der Waals surface area (Å²) in [6.07, 6.45) is 2.85. The molecule has 0 radical (unpaired) electrons. The maximum atomic E-state index is 12.8. The van der Waals surface area contributed by atoms with Crippen LogP contribution in [0.2, 0.25) is 0 Å². The summed E-state index contributed by atoms with van der Waals surface area (Å²) in [7, 11) is -3.39. The number of carbonyl (C=O) groups excluding carboxylic acids is 1. The second-order valence-corrected chi connectivity index (χ2v) is 9.79. The lowest BCUT2D eigenvalue weighted by Gasteiger charge is -2.27. The van der Waals surface area contributed by atoms with Crippen molar-refractivity contribution in [3.8, 4) is 0 Å². The van der Waals surface area contributed by atoms with E-state index in [1.807, 2.05) is 61.2 Å². The van der Waals surface area contributed by atoms with Crippen molar-refractivity contribution < 1.29 is 13.2 Å². The first kappa shape index (κ1) is 21.5. The Hall–Kier alpha value is -2.18. The van der Waals surface area contributed by atoms with Gasteiger partial charge in [0.15, 0.2) is 0 Å². The van der Waals surface area contributed by atoms with E-state index >= 15 is 0 Å². The van der Waals surface area contributed by atoms with Gasteiger partial charge in [-0.15, -0.1) is 0 Å². The Morgan fingerprint density at radius 1 is 0.966 bits per heavy atom. The molecule has 1 aliphatic rings. The fourth-order valence-corrected chi connectivity index (χ4v) is 5.16. The predicted molar refractivity (Wildman–Crippen MR) is 115 cm³/mol. The third kappa shape index (κ3) is 5.46. The Kier molecular flexibility index (Phi) is 7.09. The molecule has 1 amide bonds. The van der Waals surface area contributed by atoms with Crippen molar-refractivity contribution >= 4 is 15.9 Å². The zero-order chi connectivity index (χ0) is 20.9. The van der Waals surface area contributed by atoms with Crippen LogP contribution in [0, 0.1) is 0 Å². The standard InChI is InChI=1S/C23H30N2O3S/c1-19(2)25(18-21-8-4-3-5-9-21)23(26)15-12-20-10-13-22(14-11-20)29(27,28)24-16-6-7-17-24/h3-5,8-11,13-14,19H,6-7,12,15-18H2,1-2H3. The monoisotopic (exact) mass is 414 g/mol. The first-order chi connectivity index (χ1) is 13.9. The van der Waals surface area contributed by atoms with Crippen LogP contribution in [0.4, 0.5) is 0 Å². The van der Waals surface area contributed by atoms with Crippen LogP contribution < -0.4 is 0 Å². The largest absolute Gasteiger partial charge is 0.336 e. The highest BCUT2D eigenvalue weighted by atomic mass is 32.2. The number of hydrogen-bond donors (Lipinski definition) is 0. The lowest BCUT2D eigenvalue weighted by molar-refractivity contribution is -0.133. The van der Waals surface area contributed by atoms with Gasteiger partial charge in [0.05, 0.1) is 4.90 Å². The van der Waals surface area contributed by atoms with E-state index in [1.54, 1.807) is 16.4 Å². The highest BCUT2D eigenvalue weighted by molar-refractivity contribution is 7.89. The Morgan fingerprint density at radius 3 is 2.17 bits per heavy atom. The summed E-state index contributed by atoms with van der Waals surface area (Å²) in [5.41, 5.74) is 2.09. The smallest absolute Gasteiger partial charge is 0.243 e. The molecule has 0 N–H and O–H groups in total. The number of aryl methyl sites for hydroxylation is 1. The van der Waals surface area contributed by atoms with Crippen molar-refractivity contribution in [3.05, 3.63) is 65.7 Å². The predicted octanol–water partition coefficient (Wildman–Crippen LogP) is 3.84. The highest BCUT2D eigenvalue weighted by Gasteiger charge is 2.27. The number of nitrogens with zero attached hydrogens (tertiary/aromatic N) is 2. The molecule has 2 aromatic carbocycles. The van der Waals surface area contributed by atoms with E-state index in [0.29, 0.717) is 37.4 Å². The zero-order valence-electron chi connectivity index (χ0n) is 17.3. The second kappa shape index (κ2) is 9.55. The van der Waals surface area contributed by atoms with Gasteiger partial charge in [-0.1, -0.05) is 42.5 Å². The molecule has 0 aromatic heterocycles. The molecule has 1 saturated heterocycles. The van der Waals surface area contributed by atoms with Crippen molar-refractivity contribution in [1.29, 1.82) is 0 Å². The van der Waals surface area contributed by atoms with E-state index in [4.69, 9.17) is 0 Å². The summed E-state index contributed by atoms with van der Waals surface area (Å²) in [6.45, 7) is 5.86. The molecule has 0 saturated carbocycles. The fourth-order valence-electron chi connectivity index (χ4n) is 3.64. The molecular weight excluding hydrogens is 384 g/mol. The lowest BCUT2D eigenvalue weighted by Crippen LogP contribution is -2.36. The van der Waals surface area contributed by atoms with Crippen molar-refractivity contribution in [2.24, 2.45) is 0 Å². The van der Waals surface area contributed by atoms with Crippen LogP contribution in [0.1, 0.15) is 44.2 Å². The lowest BCUT2D eigenvalue weighted by atomic mass is 10.1. The van der Waals surface area contributed by atoms with Gasteiger partial charge in [-0.3, -0.25) is 4.79 Å². The van der Waals surface area contributed by atoms with Gasteiger partial charge >= 0.3 is 0 Å². The number of benzene rings is 2. The summed E-state index contributed by atoms with van der Waals surface area (Å²) in [4.78, 5) is 15.0. The Bertz CT molecular complexity index is 903. The van der Waals surface area contributed by atoms with Crippen molar-refractivity contribution in [3.63, 3.8) is 0 Å². The van der Waals surface area contributed by atoms with E-state index in [0.717, 1.165) is 24.0 Å². The van der Waals surface area contributed by atoms with Crippen LogP contribution in [-0.4, -0.2) is 42.7 Å². The Morgan fingerprint density at radius 2 is 1.59 bits per heavy atom. The average Bonchev–Trinajstić information content (AvgIpc) is 3.27. The van der Waals surface area contributed by atoms with E-state index in [1.165, 1.54) is 0 Å². The number of amides is 1. The molecule has 1 heterocycles. The normalized spacial score (nSPS) is 15.0. The van der Waals surface area contributed by atoms with Gasteiger partial charge in [-0.25, -0.2) is 8.42 Å². The molecule has 0 spiro atoms. The minimum Gasteiger partial charge on any atom is -0.336 e. The maximum Gasteiger partial charge on any atom is 0.243 e. The molecule has 0 atom stereocenters. The van der Waals surface area contributed by atoms with Gasteiger partial charge in [-0.2, -0.15) is 4.31 Å². The molecule has 1 aliphatic heterocycles. The zero-order valence-corrected chi connectivity index (χ0v) is 18.1. The fraction of sp³-hybridized carbons (Fsp3) is 0.435. The molecule has 0 bridgehead atoms. The quantitative estimate of drug-likeness (QED) is 0.659. The molecule has 1 fully saturated rings. The third-order valence-corrected chi connectivity index (χ3v) is 7.31. The van der Waals surface area contributed by atoms with Crippen molar-refractivity contribution in [2.75, 3.05) is 13.1 Å². The molecular formula is C23H30N2O3S. The van der Waals surface area contributed by atoms with Crippen LogP contribution in [0.15, 0.2) is 59.5 Å². The molecule has 2 aromatic rings. The number of carbonyl (C=O) groups is 1. The van der Waals surface area contributed by atoms with Crippen LogP contribution in [-0.2, 0) is 27.8 Å². The van der Waals surface area contributed by atoms with Crippen molar-refractivity contribution in [1.82, 2.24) is 9.21 Å². The highest BCUT2D eigenvalue weighted by Crippen LogP contribution is 2.21. The van der Waals surface area contributed by atoms with Gasteiger partial charge in [0.1, 0.15) is 0 Å². The Labute approximate surface area is 174 Å². The Balaban J connectivity index is 1.60. The molecule has 5 nitrogen and oxygen atoms in total. The van der Waals surface area contributed by atoms with Crippen LogP contribution in [0.5, 0.6) is 0 Å². The molecule has 6 heteroatoms. The van der Waals surface area contributed by atoms with Crippen LogP contribution >= 0.6 is 0 Å². The van der Waals surface area contributed by atoms with Crippen LogP contribution in [0.3, 0.4) is 0 Å². The van der Waals surface area contributed by atoms with Crippen molar-refractivity contribution in [2.45, 2.75) is 57.0 Å². The summed E-state index contributed by atoms with van der Waals surface area (Å²) in [6, 6.07) is 17.1. The van der Waals surface area contributed by atoms with E-state index in [9.17, 15) is 13.2 Å². The van der Waals surface area contributed by atoms with Gasteiger partial charge in [0.25, 0.3) is 0 Å². The average molecular weight is 415 g/mol. The van der Waals surface area contributed by atoms with Gasteiger partial charge in [0, 0.05) is 32.1 Å². The number of hydrogen-bond acceptors (Lipinski definition) is 3. The van der Waals surface area contributed by atoms with Gasteiger partial charge in [-0.05, 0) is 56.4 Å². The summed E-state index contributed by atoms with van der Waals surface area (Å²) >= 11 is 0.